The molecule has 5 nitrogen and oxygen atoms in total. The molecule has 1 aromatic carbocycles. The Morgan fingerprint density at radius 1 is 1.21 bits per heavy atom. The number of nitrogens with one attached hydrogen (secondary N) is 1. The Morgan fingerprint density at radius 2 is 1.92 bits per heavy atom. The van der Waals surface area contributed by atoms with E-state index in [1.165, 1.54) is 11.1 Å². The smallest absolute Gasteiger partial charge is 0.287 e. The lowest BCUT2D eigenvalue weighted by atomic mass is 9.85. The molecule has 0 amide bonds. The zero-order valence-corrected chi connectivity index (χ0v) is 14.3. The molecule has 1 fully saturated rings. The van der Waals surface area contributed by atoms with Crippen molar-refractivity contribution in [1.82, 2.24) is 9.78 Å². The molecule has 0 atom stereocenters. The molecule has 0 bridgehead atoms. The van der Waals surface area contributed by atoms with Gasteiger partial charge in [0.15, 0.2) is 0 Å². The van der Waals surface area contributed by atoms with Gasteiger partial charge in [-0.05, 0) is 18.4 Å². The summed E-state index contributed by atoms with van der Waals surface area (Å²) in [7, 11) is 0. The van der Waals surface area contributed by atoms with Gasteiger partial charge in [0.05, 0.1) is 24.0 Å². The largest absolute Gasteiger partial charge is 0.388 e. The molecule has 1 aliphatic carbocycles. The summed E-state index contributed by atoms with van der Waals surface area (Å²) in [5.74, 6) is 0. The average molecular weight is 348 g/mol. The molecule has 1 saturated carbocycles. The Labute approximate surface area is 146 Å². The molecule has 0 saturated heterocycles. The van der Waals surface area contributed by atoms with E-state index in [2.05, 4.69) is 10.4 Å². The highest BCUT2D eigenvalue weighted by Gasteiger charge is 2.29. The number of aromatic nitrogens is 2. The predicted octanol–water partition coefficient (Wildman–Crippen LogP) is 3.05. The molecule has 1 aliphatic rings. The second-order valence-corrected chi connectivity index (χ2v) is 6.84. The van der Waals surface area contributed by atoms with Crippen molar-refractivity contribution in [3.63, 3.8) is 0 Å². The van der Waals surface area contributed by atoms with Crippen LogP contribution in [0.25, 0.3) is 0 Å². The van der Waals surface area contributed by atoms with Crippen molar-refractivity contribution in [1.29, 1.82) is 0 Å². The van der Waals surface area contributed by atoms with E-state index < -0.39 is 5.60 Å². The summed E-state index contributed by atoms with van der Waals surface area (Å²) < 4.78 is 1.35. The Morgan fingerprint density at radius 3 is 2.62 bits per heavy atom. The number of aliphatic hydroxyl groups is 1. The maximum absolute atomic E-state index is 12.4. The van der Waals surface area contributed by atoms with E-state index in [0.29, 0.717) is 18.8 Å². The van der Waals surface area contributed by atoms with Gasteiger partial charge in [0, 0.05) is 6.54 Å². The van der Waals surface area contributed by atoms with Crippen LogP contribution in [0.3, 0.4) is 0 Å². The molecule has 2 N–H and O–H groups in total. The Hall–Kier alpha value is -1.85. The molecular weight excluding hydrogens is 326 g/mol. The monoisotopic (exact) mass is 347 g/mol. The molecule has 0 aliphatic heterocycles. The summed E-state index contributed by atoms with van der Waals surface area (Å²) in [5, 5.41) is 17.9. The van der Waals surface area contributed by atoms with Gasteiger partial charge in [-0.15, -0.1) is 0 Å². The fraction of sp³-hybridized carbons (Fsp3) is 0.444. The van der Waals surface area contributed by atoms with E-state index in [1.54, 1.807) is 6.20 Å². The van der Waals surface area contributed by atoms with Gasteiger partial charge < -0.3 is 10.4 Å². The van der Waals surface area contributed by atoms with E-state index in [4.69, 9.17) is 11.6 Å². The van der Waals surface area contributed by atoms with E-state index in [1.807, 2.05) is 30.3 Å². The third-order valence-corrected chi connectivity index (χ3v) is 4.92. The second-order valence-electron chi connectivity index (χ2n) is 6.46. The predicted molar refractivity (Wildman–Crippen MR) is 95.6 cm³/mol. The van der Waals surface area contributed by atoms with Gasteiger partial charge in [0.25, 0.3) is 5.56 Å². The molecule has 1 aromatic heterocycles. The normalized spacial score (nSPS) is 16.8. The van der Waals surface area contributed by atoms with Crippen LogP contribution in [-0.4, -0.2) is 27.0 Å². The third kappa shape index (κ3) is 3.97. The minimum absolute atomic E-state index is 0.111. The summed E-state index contributed by atoms with van der Waals surface area (Å²) in [5.41, 5.74) is 0.409. The maximum Gasteiger partial charge on any atom is 0.287 e. The van der Waals surface area contributed by atoms with E-state index >= 15 is 0 Å². The zero-order valence-electron chi connectivity index (χ0n) is 13.5. The number of halogens is 1. The molecule has 0 unspecified atom stereocenters. The van der Waals surface area contributed by atoms with Crippen LogP contribution in [0, 0.1) is 0 Å². The van der Waals surface area contributed by atoms with Gasteiger partial charge in [-0.25, -0.2) is 4.68 Å². The lowest BCUT2D eigenvalue weighted by Crippen LogP contribution is -2.39. The van der Waals surface area contributed by atoms with Crippen LogP contribution in [-0.2, 0) is 6.54 Å². The van der Waals surface area contributed by atoms with Crippen LogP contribution in [0.15, 0.2) is 41.3 Å². The lowest BCUT2D eigenvalue weighted by molar-refractivity contribution is 0.0167. The quantitative estimate of drug-likeness (QED) is 0.872. The van der Waals surface area contributed by atoms with E-state index in [0.717, 1.165) is 31.2 Å². The van der Waals surface area contributed by atoms with Crippen molar-refractivity contribution in [2.24, 2.45) is 0 Å². The average Bonchev–Trinajstić information content (AvgIpc) is 2.60. The molecule has 128 valence electrons. The van der Waals surface area contributed by atoms with Crippen molar-refractivity contribution in [2.45, 2.75) is 44.2 Å². The summed E-state index contributed by atoms with van der Waals surface area (Å²) in [4.78, 5) is 12.4. The number of rotatable bonds is 5. The molecular formula is C18H22ClN3O2. The highest BCUT2D eigenvalue weighted by Crippen LogP contribution is 2.28. The minimum atomic E-state index is -0.722. The summed E-state index contributed by atoms with van der Waals surface area (Å²) in [6.07, 6.45) is 6.33. The molecule has 0 radical (unpaired) electrons. The molecule has 3 rings (SSSR count). The molecule has 2 aromatic rings. The number of hydrogen-bond donors (Lipinski definition) is 2. The van der Waals surface area contributed by atoms with Gasteiger partial charge in [-0.1, -0.05) is 61.2 Å². The van der Waals surface area contributed by atoms with E-state index in [-0.39, 0.29) is 10.6 Å². The number of nitrogens with zero attached hydrogens (tertiary/aromatic N) is 2. The van der Waals surface area contributed by atoms with Crippen molar-refractivity contribution >= 4 is 17.3 Å². The SMILES string of the molecule is O=c1c(Cl)c(NCC2(O)CCCCC2)cnn1Cc1ccccc1. The first-order valence-corrected chi connectivity index (χ1v) is 8.71. The molecule has 24 heavy (non-hydrogen) atoms. The topological polar surface area (TPSA) is 67.2 Å². The first-order valence-electron chi connectivity index (χ1n) is 8.33. The summed E-state index contributed by atoms with van der Waals surface area (Å²) >= 11 is 6.21. The minimum Gasteiger partial charge on any atom is -0.388 e. The highest BCUT2D eigenvalue weighted by atomic mass is 35.5. The highest BCUT2D eigenvalue weighted by molar-refractivity contribution is 6.32. The van der Waals surface area contributed by atoms with Crippen molar-refractivity contribution < 1.29 is 5.11 Å². The Balaban J connectivity index is 1.71. The van der Waals surface area contributed by atoms with Crippen LogP contribution < -0.4 is 10.9 Å². The van der Waals surface area contributed by atoms with Gasteiger partial charge in [0.2, 0.25) is 0 Å². The molecule has 1 heterocycles. The van der Waals surface area contributed by atoms with Gasteiger partial charge >= 0.3 is 0 Å². The Bertz CT molecular complexity index is 740. The van der Waals surface area contributed by atoms with E-state index in [9.17, 15) is 9.90 Å². The first-order chi connectivity index (χ1) is 11.6. The van der Waals surface area contributed by atoms with Crippen molar-refractivity contribution in [3.8, 4) is 0 Å². The lowest BCUT2D eigenvalue weighted by Gasteiger charge is -2.32. The van der Waals surface area contributed by atoms with Crippen molar-refractivity contribution in [3.05, 3.63) is 57.5 Å². The fourth-order valence-corrected chi connectivity index (χ4v) is 3.32. The molecule has 6 heteroatoms. The van der Waals surface area contributed by atoms with Gasteiger partial charge in [0.1, 0.15) is 5.02 Å². The van der Waals surface area contributed by atoms with Crippen LogP contribution in [0.4, 0.5) is 5.69 Å². The maximum atomic E-state index is 12.4. The van der Waals surface area contributed by atoms with Crippen LogP contribution in [0.5, 0.6) is 0 Å². The molecule has 0 spiro atoms. The number of anilines is 1. The third-order valence-electron chi connectivity index (χ3n) is 4.55. The summed E-state index contributed by atoms with van der Waals surface area (Å²) in [6, 6.07) is 9.64. The standard InChI is InChI=1S/C18H22ClN3O2/c19-16-15(20-13-18(24)9-5-2-6-10-18)11-21-22(17(16)23)12-14-7-3-1-4-8-14/h1,3-4,7-8,11,20,24H,2,5-6,9-10,12-13H2. The van der Waals surface area contributed by atoms with Gasteiger partial charge in [-0.3, -0.25) is 4.79 Å². The number of hydrogen-bond acceptors (Lipinski definition) is 4. The van der Waals surface area contributed by atoms with Crippen LogP contribution in [0.2, 0.25) is 5.02 Å². The summed E-state index contributed by atoms with van der Waals surface area (Å²) in [6.45, 7) is 0.764. The van der Waals surface area contributed by atoms with Gasteiger partial charge in [-0.2, -0.15) is 5.10 Å². The zero-order chi connectivity index (χ0) is 17.0. The fourth-order valence-electron chi connectivity index (χ4n) is 3.10. The first kappa shape index (κ1) is 17.0. The second kappa shape index (κ2) is 7.36. The number of benzene rings is 1. The Kier molecular flexibility index (Phi) is 5.21. The van der Waals surface area contributed by atoms with Crippen LogP contribution in [0.1, 0.15) is 37.7 Å². The van der Waals surface area contributed by atoms with Crippen LogP contribution >= 0.6 is 11.6 Å². The van der Waals surface area contributed by atoms with Crippen molar-refractivity contribution in [2.75, 3.05) is 11.9 Å².